The molecule has 4 nitrogen and oxygen atoms in total. The molecule has 15 aromatic rings. The van der Waals surface area contributed by atoms with Crippen LogP contribution in [-0.2, 0) is 0 Å². The van der Waals surface area contributed by atoms with Crippen LogP contribution in [0.25, 0.3) is 109 Å². The van der Waals surface area contributed by atoms with Crippen LogP contribution in [0.15, 0.2) is 251 Å². The molecular weight excluding hydrogens is 853 g/mol. The third kappa shape index (κ3) is 5.77. The van der Waals surface area contributed by atoms with Gasteiger partial charge in [0.1, 0.15) is 11.2 Å². The molecule has 15 rings (SSSR count). The fourth-order valence-electron chi connectivity index (χ4n) is 11.4. The smallest absolute Gasteiger partial charge is 0.178 e. The molecule has 0 atom stereocenters. The van der Waals surface area contributed by atoms with Gasteiger partial charge in [-0.3, -0.25) is 0 Å². The van der Waals surface area contributed by atoms with Gasteiger partial charge in [0.15, 0.2) is 11.2 Å². The van der Waals surface area contributed by atoms with Gasteiger partial charge >= 0.3 is 0 Å². The van der Waals surface area contributed by atoms with Crippen molar-refractivity contribution in [2.45, 2.75) is 0 Å². The highest BCUT2D eigenvalue weighted by Gasteiger charge is 2.26. The van der Waals surface area contributed by atoms with Crippen LogP contribution < -0.4 is 9.80 Å². The largest absolute Gasteiger partial charge is 0.452 e. The molecule has 0 N–H and O–H groups in total. The summed E-state index contributed by atoms with van der Waals surface area (Å²) in [7, 11) is 0. The molecule has 0 saturated carbocycles. The van der Waals surface area contributed by atoms with Gasteiger partial charge < -0.3 is 18.6 Å². The van der Waals surface area contributed by atoms with Gasteiger partial charge in [0.2, 0.25) is 0 Å². The van der Waals surface area contributed by atoms with Crippen molar-refractivity contribution in [2.75, 3.05) is 9.80 Å². The van der Waals surface area contributed by atoms with E-state index in [9.17, 15) is 0 Å². The van der Waals surface area contributed by atoms with Crippen LogP contribution in [0, 0.1) is 0 Å². The standard InChI is InChI=1S/C66H40N2O2/c1-3-19-45-37-47(33-31-41(45)15-1)67(57-29-13-21-43-17-5-7-23-49(43)57)59-39-61-63(53-27-11-9-25-51(53)59)55-35-36-56-64-54-28-12-10-26-52(54)60(40-62(64)70-66(56)65(55)69-61)68(48-34-32-42-16-2-4-20-46(42)38-48)58-30-14-22-44-18-6-8-24-50(44)58/h1-40H. The van der Waals surface area contributed by atoms with E-state index in [-0.39, 0.29) is 0 Å². The quantitative estimate of drug-likeness (QED) is 0.166. The summed E-state index contributed by atoms with van der Waals surface area (Å²) >= 11 is 0. The summed E-state index contributed by atoms with van der Waals surface area (Å²) in [4.78, 5) is 4.82. The Hall–Kier alpha value is -9.38. The molecule has 70 heavy (non-hydrogen) atoms. The van der Waals surface area contributed by atoms with Crippen LogP contribution in [0.1, 0.15) is 0 Å². The second-order valence-electron chi connectivity index (χ2n) is 18.4. The monoisotopic (exact) mass is 892 g/mol. The van der Waals surface area contributed by atoms with Crippen LogP contribution in [0.5, 0.6) is 0 Å². The van der Waals surface area contributed by atoms with Crippen molar-refractivity contribution in [2.24, 2.45) is 0 Å². The molecule has 2 aromatic heterocycles. The first kappa shape index (κ1) is 38.7. The Morgan fingerprint density at radius 3 is 1.03 bits per heavy atom. The van der Waals surface area contributed by atoms with Crippen molar-refractivity contribution in [1.82, 2.24) is 0 Å². The van der Waals surface area contributed by atoms with Gasteiger partial charge in [-0.2, -0.15) is 0 Å². The number of benzene rings is 13. The van der Waals surface area contributed by atoms with Gasteiger partial charge in [0.25, 0.3) is 0 Å². The van der Waals surface area contributed by atoms with E-state index < -0.39 is 0 Å². The fraction of sp³-hybridized carbons (Fsp3) is 0. The highest BCUT2D eigenvalue weighted by Crippen LogP contribution is 2.51. The Kier molecular flexibility index (Phi) is 8.33. The molecule has 326 valence electrons. The number of rotatable bonds is 6. The second-order valence-corrected chi connectivity index (χ2v) is 18.4. The van der Waals surface area contributed by atoms with Crippen molar-refractivity contribution in [1.29, 1.82) is 0 Å². The predicted molar refractivity (Wildman–Crippen MR) is 295 cm³/mol. The Morgan fingerprint density at radius 2 is 0.586 bits per heavy atom. The SMILES string of the molecule is c1ccc2cc(N(c3cccc4ccccc34)c3cc4oc5c(ccc6c5oc5cc(N(c7ccc8ccccc8c7)c7cccc8ccccc78)c7ccccc7c56)c4c4ccccc34)ccc2c1. The maximum absolute atomic E-state index is 7.21. The molecule has 2 heterocycles. The number of nitrogens with zero attached hydrogens (tertiary/aromatic N) is 2. The lowest BCUT2D eigenvalue weighted by atomic mass is 9.98. The number of hydrogen-bond acceptors (Lipinski definition) is 4. The van der Waals surface area contributed by atoms with E-state index in [1.165, 1.54) is 43.1 Å². The Labute approximate surface area is 402 Å². The van der Waals surface area contributed by atoms with Gasteiger partial charge in [-0.05, 0) is 91.6 Å². The molecule has 0 aliphatic carbocycles. The van der Waals surface area contributed by atoms with Crippen LogP contribution in [0.3, 0.4) is 0 Å². The van der Waals surface area contributed by atoms with Gasteiger partial charge in [0.05, 0.1) is 22.7 Å². The van der Waals surface area contributed by atoms with E-state index in [0.717, 1.165) is 99.5 Å². The number of anilines is 6. The summed E-state index contributed by atoms with van der Waals surface area (Å²) in [5, 5.41) is 18.1. The summed E-state index contributed by atoms with van der Waals surface area (Å²) in [6.45, 7) is 0. The van der Waals surface area contributed by atoms with E-state index in [1.807, 2.05) is 0 Å². The molecule has 0 spiro atoms. The molecule has 0 radical (unpaired) electrons. The molecule has 0 fully saturated rings. The number of fused-ring (bicyclic) bond motifs is 15. The molecule has 4 heteroatoms. The summed E-state index contributed by atoms with van der Waals surface area (Å²) in [5.41, 5.74) is 9.46. The Morgan fingerprint density at radius 1 is 0.229 bits per heavy atom. The van der Waals surface area contributed by atoms with Gasteiger partial charge in [0, 0.05) is 66.6 Å². The third-order valence-electron chi connectivity index (χ3n) is 14.5. The minimum Gasteiger partial charge on any atom is -0.452 e. The predicted octanol–water partition coefficient (Wildman–Crippen LogP) is 19.3. The highest BCUT2D eigenvalue weighted by molar-refractivity contribution is 6.30. The summed E-state index contributed by atoms with van der Waals surface area (Å²) in [5.74, 6) is 0. The average Bonchev–Trinajstić information content (AvgIpc) is 4.00. The molecule has 13 aromatic carbocycles. The van der Waals surface area contributed by atoms with Crippen LogP contribution >= 0.6 is 0 Å². The van der Waals surface area contributed by atoms with E-state index in [1.54, 1.807) is 0 Å². The maximum Gasteiger partial charge on any atom is 0.178 e. The van der Waals surface area contributed by atoms with Crippen molar-refractivity contribution < 1.29 is 8.83 Å². The normalized spacial score (nSPS) is 12.0. The fourth-order valence-corrected chi connectivity index (χ4v) is 11.4. The van der Waals surface area contributed by atoms with Crippen LogP contribution in [-0.4, -0.2) is 0 Å². The molecule has 0 aliphatic rings. The van der Waals surface area contributed by atoms with E-state index in [2.05, 4.69) is 252 Å². The molecule has 0 saturated heterocycles. The first-order valence-corrected chi connectivity index (χ1v) is 23.9. The molecule has 0 unspecified atom stereocenters. The Bertz CT molecular complexity index is 4330. The zero-order valence-corrected chi connectivity index (χ0v) is 37.8. The van der Waals surface area contributed by atoms with Crippen LogP contribution in [0.4, 0.5) is 34.1 Å². The lowest BCUT2D eigenvalue weighted by Gasteiger charge is -2.28. The van der Waals surface area contributed by atoms with E-state index in [4.69, 9.17) is 8.83 Å². The van der Waals surface area contributed by atoms with E-state index >= 15 is 0 Å². The topological polar surface area (TPSA) is 32.8 Å². The highest BCUT2D eigenvalue weighted by atomic mass is 16.4. The lowest BCUT2D eigenvalue weighted by Crippen LogP contribution is -2.11. The maximum atomic E-state index is 7.21. The van der Waals surface area contributed by atoms with Crippen LogP contribution in [0.2, 0.25) is 0 Å². The summed E-state index contributed by atoms with van der Waals surface area (Å²) in [6, 6.07) is 87.5. The zero-order valence-electron chi connectivity index (χ0n) is 37.8. The average molecular weight is 893 g/mol. The van der Waals surface area contributed by atoms with Crippen molar-refractivity contribution >= 4 is 143 Å². The minimum atomic E-state index is 0.736. The minimum absolute atomic E-state index is 0.736. The zero-order chi connectivity index (χ0) is 45.9. The van der Waals surface area contributed by atoms with Crippen molar-refractivity contribution in [3.05, 3.63) is 243 Å². The lowest BCUT2D eigenvalue weighted by molar-refractivity contribution is 0.633. The van der Waals surface area contributed by atoms with Crippen molar-refractivity contribution in [3.8, 4) is 0 Å². The number of hydrogen-bond donors (Lipinski definition) is 0. The molecule has 0 bridgehead atoms. The van der Waals surface area contributed by atoms with Crippen molar-refractivity contribution in [3.63, 3.8) is 0 Å². The second kappa shape index (κ2) is 15.1. The summed E-state index contributed by atoms with van der Waals surface area (Å²) in [6.07, 6.45) is 0. The number of furan rings is 2. The third-order valence-corrected chi connectivity index (χ3v) is 14.5. The van der Waals surface area contributed by atoms with Gasteiger partial charge in [-0.1, -0.05) is 182 Å². The summed E-state index contributed by atoms with van der Waals surface area (Å²) < 4.78 is 14.4. The van der Waals surface area contributed by atoms with Gasteiger partial charge in [-0.15, -0.1) is 0 Å². The molecule has 0 aliphatic heterocycles. The van der Waals surface area contributed by atoms with Gasteiger partial charge in [-0.25, -0.2) is 0 Å². The van der Waals surface area contributed by atoms with E-state index in [0.29, 0.717) is 0 Å². The molecular formula is C66H40N2O2. The Balaban J connectivity index is 0.992. The first-order valence-electron chi connectivity index (χ1n) is 23.9. The first-order chi connectivity index (χ1) is 34.7. The molecule has 0 amide bonds.